The number of hydrogen-bond donors (Lipinski definition) is 2. The van der Waals surface area contributed by atoms with Crippen molar-refractivity contribution in [2.45, 2.75) is 31.7 Å². The number of terminal acetylenes is 1. The molecule has 2 N–H and O–H groups in total. The molecule has 0 aromatic heterocycles. The second kappa shape index (κ2) is 7.26. The molecule has 90 valence electrons. The normalized spacial score (nSPS) is 18.2. The Morgan fingerprint density at radius 2 is 2.19 bits per heavy atom. The third-order valence-electron chi connectivity index (χ3n) is 2.90. The summed E-state index contributed by atoms with van der Waals surface area (Å²) in [5, 5.41) is 11.9. The van der Waals surface area contributed by atoms with Crippen molar-refractivity contribution in [3.63, 3.8) is 0 Å². The zero-order valence-electron chi connectivity index (χ0n) is 9.61. The van der Waals surface area contributed by atoms with Crippen LogP contribution in [0.5, 0.6) is 0 Å². The molecular weight excluding hydrogens is 204 g/mol. The highest BCUT2D eigenvalue weighted by molar-refractivity contribution is 5.66. The molecule has 1 heterocycles. The zero-order chi connectivity index (χ0) is 11.8. The third-order valence-corrected chi connectivity index (χ3v) is 2.90. The van der Waals surface area contributed by atoms with Crippen molar-refractivity contribution in [1.29, 1.82) is 0 Å². The Balaban J connectivity index is 2.04. The number of carboxylic acids is 1. The van der Waals surface area contributed by atoms with Crippen LogP contribution in [0.1, 0.15) is 25.7 Å². The van der Waals surface area contributed by atoms with Crippen LogP contribution in [0.25, 0.3) is 0 Å². The van der Waals surface area contributed by atoms with Gasteiger partial charge in [0.2, 0.25) is 0 Å². The number of likely N-dealkylation sites (tertiary alicyclic amines) is 1. The van der Waals surface area contributed by atoms with E-state index in [1.807, 2.05) is 0 Å². The lowest BCUT2D eigenvalue weighted by Crippen LogP contribution is -2.42. The summed E-state index contributed by atoms with van der Waals surface area (Å²) in [6, 6.07) is 0.530. The molecule has 0 aliphatic carbocycles. The molecule has 0 saturated carbocycles. The van der Waals surface area contributed by atoms with Crippen LogP contribution < -0.4 is 5.32 Å². The number of carbonyl (C=O) groups is 1. The predicted molar refractivity (Wildman–Crippen MR) is 63.2 cm³/mol. The number of aliphatic carboxylic acids is 1. The van der Waals surface area contributed by atoms with E-state index in [4.69, 9.17) is 11.5 Å². The Morgan fingerprint density at radius 1 is 1.50 bits per heavy atom. The Kier molecular flexibility index (Phi) is 5.91. The summed E-state index contributed by atoms with van der Waals surface area (Å²) in [6.07, 6.45) is 8.43. The predicted octanol–water partition coefficient (Wildman–Crippen LogP) is 0.538. The Bertz CT molecular complexity index is 252. The molecule has 1 aliphatic rings. The summed E-state index contributed by atoms with van der Waals surface area (Å²) in [5.74, 6) is 1.94. The summed E-state index contributed by atoms with van der Waals surface area (Å²) >= 11 is 0. The van der Waals surface area contributed by atoms with Crippen molar-refractivity contribution in [1.82, 2.24) is 10.2 Å². The molecule has 0 spiro atoms. The smallest absolute Gasteiger partial charge is 0.303 e. The molecule has 1 aliphatic heterocycles. The first kappa shape index (κ1) is 13.0. The number of rotatable bonds is 6. The highest BCUT2D eigenvalue weighted by atomic mass is 16.4. The largest absolute Gasteiger partial charge is 0.481 e. The van der Waals surface area contributed by atoms with Gasteiger partial charge in [0.25, 0.3) is 0 Å². The fraction of sp³-hybridized carbons (Fsp3) is 0.750. The maximum absolute atomic E-state index is 10.3. The van der Waals surface area contributed by atoms with Gasteiger partial charge in [0, 0.05) is 25.6 Å². The molecular formula is C12H20N2O2. The molecule has 1 fully saturated rings. The molecule has 0 radical (unpaired) electrons. The minimum atomic E-state index is -0.717. The maximum Gasteiger partial charge on any atom is 0.303 e. The summed E-state index contributed by atoms with van der Waals surface area (Å²) in [5.41, 5.74) is 0. The first-order valence-electron chi connectivity index (χ1n) is 5.83. The second-order valence-corrected chi connectivity index (χ2v) is 4.21. The van der Waals surface area contributed by atoms with Crippen molar-refractivity contribution >= 4 is 5.97 Å². The number of hydrogen-bond acceptors (Lipinski definition) is 3. The first-order chi connectivity index (χ1) is 7.72. The van der Waals surface area contributed by atoms with Crippen LogP contribution >= 0.6 is 0 Å². The van der Waals surface area contributed by atoms with Gasteiger partial charge in [-0.3, -0.25) is 9.69 Å². The molecule has 16 heavy (non-hydrogen) atoms. The van der Waals surface area contributed by atoms with E-state index < -0.39 is 5.97 Å². The fourth-order valence-corrected chi connectivity index (χ4v) is 1.97. The molecule has 0 aromatic carbocycles. The lowest BCUT2D eigenvalue weighted by atomic mass is 10.0. The Hall–Kier alpha value is -1.05. The van der Waals surface area contributed by atoms with E-state index in [1.54, 1.807) is 0 Å². The Labute approximate surface area is 97.0 Å². The molecule has 4 nitrogen and oxygen atoms in total. The van der Waals surface area contributed by atoms with Crippen LogP contribution in [0, 0.1) is 12.3 Å². The summed E-state index contributed by atoms with van der Waals surface area (Å²) < 4.78 is 0. The summed E-state index contributed by atoms with van der Waals surface area (Å²) in [6.45, 7) is 3.62. The second-order valence-electron chi connectivity index (χ2n) is 4.21. The van der Waals surface area contributed by atoms with Gasteiger partial charge in [-0.2, -0.15) is 0 Å². The number of piperidine rings is 1. The molecule has 4 heteroatoms. The number of nitrogens with one attached hydrogen (secondary N) is 1. The van der Waals surface area contributed by atoms with Crippen LogP contribution in [0.2, 0.25) is 0 Å². The lowest BCUT2D eigenvalue weighted by molar-refractivity contribution is -0.137. The SMILES string of the molecule is C#CCN1CCC(NCCCC(=O)O)CC1. The van der Waals surface area contributed by atoms with Gasteiger partial charge in [0.15, 0.2) is 0 Å². The topological polar surface area (TPSA) is 52.6 Å². The van der Waals surface area contributed by atoms with Crippen LogP contribution in [-0.4, -0.2) is 48.2 Å². The first-order valence-corrected chi connectivity index (χ1v) is 5.83. The van der Waals surface area contributed by atoms with Gasteiger partial charge >= 0.3 is 5.97 Å². The molecule has 0 amide bonds. The van der Waals surface area contributed by atoms with Gasteiger partial charge in [-0.15, -0.1) is 6.42 Å². The minimum Gasteiger partial charge on any atom is -0.481 e. The molecule has 1 saturated heterocycles. The van der Waals surface area contributed by atoms with Crippen molar-refractivity contribution < 1.29 is 9.90 Å². The highest BCUT2D eigenvalue weighted by Crippen LogP contribution is 2.09. The van der Waals surface area contributed by atoms with Crippen molar-refractivity contribution in [3.8, 4) is 12.3 Å². The van der Waals surface area contributed by atoms with Crippen molar-refractivity contribution in [3.05, 3.63) is 0 Å². The van der Waals surface area contributed by atoms with Crippen LogP contribution in [0.4, 0.5) is 0 Å². The van der Waals surface area contributed by atoms with Crippen LogP contribution in [-0.2, 0) is 4.79 Å². The van der Waals surface area contributed by atoms with Crippen molar-refractivity contribution in [2.24, 2.45) is 0 Å². The third kappa shape index (κ3) is 5.15. The molecule has 1 rings (SSSR count). The number of carboxylic acid groups (broad SMARTS) is 1. The monoisotopic (exact) mass is 224 g/mol. The lowest BCUT2D eigenvalue weighted by Gasteiger charge is -2.31. The maximum atomic E-state index is 10.3. The van der Waals surface area contributed by atoms with Crippen LogP contribution in [0.15, 0.2) is 0 Å². The van der Waals surface area contributed by atoms with E-state index in [-0.39, 0.29) is 6.42 Å². The van der Waals surface area contributed by atoms with E-state index in [2.05, 4.69) is 16.1 Å². The molecule has 0 bridgehead atoms. The van der Waals surface area contributed by atoms with Crippen LogP contribution in [0.3, 0.4) is 0 Å². The standard InChI is InChI=1S/C12H20N2O2/c1-2-8-14-9-5-11(6-10-14)13-7-3-4-12(15)16/h1,11,13H,3-10H2,(H,15,16). The number of nitrogens with zero attached hydrogens (tertiary/aromatic N) is 1. The fourth-order valence-electron chi connectivity index (χ4n) is 1.97. The zero-order valence-corrected chi connectivity index (χ0v) is 9.61. The minimum absolute atomic E-state index is 0.253. The Morgan fingerprint density at radius 3 is 2.75 bits per heavy atom. The average molecular weight is 224 g/mol. The average Bonchev–Trinajstić information content (AvgIpc) is 2.27. The molecule has 0 unspecified atom stereocenters. The van der Waals surface area contributed by atoms with Gasteiger partial charge in [-0.05, 0) is 25.8 Å². The van der Waals surface area contributed by atoms with E-state index >= 15 is 0 Å². The van der Waals surface area contributed by atoms with Gasteiger partial charge in [-0.25, -0.2) is 0 Å². The van der Waals surface area contributed by atoms with Gasteiger partial charge in [0.1, 0.15) is 0 Å². The van der Waals surface area contributed by atoms with Gasteiger partial charge < -0.3 is 10.4 Å². The summed E-state index contributed by atoms with van der Waals surface area (Å²) in [4.78, 5) is 12.6. The molecule has 0 aromatic rings. The van der Waals surface area contributed by atoms with E-state index in [0.717, 1.165) is 39.0 Å². The van der Waals surface area contributed by atoms with E-state index in [9.17, 15) is 4.79 Å². The van der Waals surface area contributed by atoms with Gasteiger partial charge in [-0.1, -0.05) is 5.92 Å². The van der Waals surface area contributed by atoms with Gasteiger partial charge in [0.05, 0.1) is 6.54 Å². The molecule has 0 atom stereocenters. The van der Waals surface area contributed by atoms with E-state index in [0.29, 0.717) is 12.5 Å². The van der Waals surface area contributed by atoms with Crippen molar-refractivity contribution in [2.75, 3.05) is 26.2 Å². The quantitative estimate of drug-likeness (QED) is 0.511. The summed E-state index contributed by atoms with van der Waals surface area (Å²) in [7, 11) is 0. The highest BCUT2D eigenvalue weighted by Gasteiger charge is 2.17. The van der Waals surface area contributed by atoms with E-state index in [1.165, 1.54) is 0 Å².